The molecule has 1 aromatic carbocycles. The third kappa shape index (κ3) is 4.45. The Hall–Kier alpha value is -2.41. The fraction of sp³-hybridized carbons (Fsp3) is 0.524. The second-order valence-corrected chi connectivity index (χ2v) is 8.72. The monoisotopic (exact) mass is 419 g/mol. The van der Waals surface area contributed by atoms with Gasteiger partial charge in [0.05, 0.1) is 11.1 Å². The third-order valence-corrected chi connectivity index (χ3v) is 5.45. The molecule has 0 aromatic heterocycles. The molecule has 1 N–H and O–H groups in total. The molecule has 1 fully saturated rings. The number of hydrogen-bond acceptors (Lipinski definition) is 4. The predicted octanol–water partition coefficient (Wildman–Crippen LogP) is 2.29. The first-order chi connectivity index (χ1) is 13.7. The molecule has 0 bridgehead atoms. The SMILES string of the molecule is CC(C)CN1C(=O)c2ccc(C(=O)N3CCC(NC(=O)C(C)Cl)CC3)cc2C1=O. The minimum atomic E-state index is -0.586. The van der Waals surface area contributed by atoms with Crippen LogP contribution in [0, 0.1) is 5.92 Å². The first-order valence-corrected chi connectivity index (χ1v) is 10.4. The second-order valence-electron chi connectivity index (χ2n) is 8.07. The minimum Gasteiger partial charge on any atom is -0.352 e. The lowest BCUT2D eigenvalue weighted by atomic mass is 10.0. The van der Waals surface area contributed by atoms with E-state index in [1.54, 1.807) is 24.0 Å². The molecule has 0 saturated carbocycles. The highest BCUT2D eigenvalue weighted by atomic mass is 35.5. The van der Waals surface area contributed by atoms with E-state index in [0.717, 1.165) is 0 Å². The molecule has 1 saturated heterocycles. The number of nitrogens with zero attached hydrogens (tertiary/aromatic N) is 2. The largest absolute Gasteiger partial charge is 0.352 e. The van der Waals surface area contributed by atoms with Crippen molar-refractivity contribution in [3.05, 3.63) is 34.9 Å². The van der Waals surface area contributed by atoms with Gasteiger partial charge in [0, 0.05) is 31.2 Å². The molecule has 2 aliphatic rings. The van der Waals surface area contributed by atoms with Crippen LogP contribution in [0.25, 0.3) is 0 Å². The molecular formula is C21H26ClN3O4. The van der Waals surface area contributed by atoms with Gasteiger partial charge in [0.1, 0.15) is 5.38 Å². The number of likely N-dealkylation sites (tertiary alicyclic amines) is 1. The third-order valence-electron chi connectivity index (χ3n) is 5.26. The van der Waals surface area contributed by atoms with E-state index in [1.165, 1.54) is 11.0 Å². The van der Waals surface area contributed by atoms with Crippen molar-refractivity contribution in [2.45, 2.75) is 45.0 Å². The highest BCUT2D eigenvalue weighted by Crippen LogP contribution is 2.26. The van der Waals surface area contributed by atoms with Crippen molar-refractivity contribution in [2.24, 2.45) is 5.92 Å². The fourth-order valence-electron chi connectivity index (χ4n) is 3.68. The van der Waals surface area contributed by atoms with Crippen molar-refractivity contribution in [1.29, 1.82) is 0 Å². The van der Waals surface area contributed by atoms with Crippen molar-refractivity contribution in [3.63, 3.8) is 0 Å². The summed E-state index contributed by atoms with van der Waals surface area (Å²) in [4.78, 5) is 52.7. The number of carbonyl (C=O) groups is 4. The molecule has 0 aliphatic carbocycles. The normalized spacial score (nSPS) is 18.2. The molecule has 156 valence electrons. The van der Waals surface area contributed by atoms with Crippen LogP contribution < -0.4 is 5.32 Å². The first kappa shape index (κ1) is 21.3. The quantitative estimate of drug-likeness (QED) is 0.586. The molecule has 3 rings (SSSR count). The fourth-order valence-corrected chi connectivity index (χ4v) is 3.74. The zero-order valence-corrected chi connectivity index (χ0v) is 17.7. The number of rotatable bonds is 5. The molecule has 29 heavy (non-hydrogen) atoms. The van der Waals surface area contributed by atoms with E-state index in [-0.39, 0.29) is 35.6 Å². The maximum atomic E-state index is 12.9. The lowest BCUT2D eigenvalue weighted by molar-refractivity contribution is -0.121. The number of hydrogen-bond donors (Lipinski definition) is 1. The molecule has 0 radical (unpaired) electrons. The molecule has 2 heterocycles. The summed E-state index contributed by atoms with van der Waals surface area (Å²) < 4.78 is 0. The summed E-state index contributed by atoms with van der Waals surface area (Å²) in [6.07, 6.45) is 1.29. The van der Waals surface area contributed by atoms with Crippen LogP contribution in [-0.4, -0.2) is 64.5 Å². The molecule has 1 aromatic rings. The van der Waals surface area contributed by atoms with Gasteiger partial charge in [-0.2, -0.15) is 0 Å². The van der Waals surface area contributed by atoms with Crippen LogP contribution in [0.4, 0.5) is 0 Å². The Morgan fingerprint density at radius 2 is 1.72 bits per heavy atom. The molecular weight excluding hydrogens is 394 g/mol. The van der Waals surface area contributed by atoms with Gasteiger partial charge >= 0.3 is 0 Å². The molecule has 8 heteroatoms. The number of alkyl halides is 1. The zero-order valence-electron chi connectivity index (χ0n) is 16.9. The summed E-state index contributed by atoms with van der Waals surface area (Å²) in [5.74, 6) is -0.857. The molecule has 2 aliphatic heterocycles. The standard InChI is InChI=1S/C21H26ClN3O4/c1-12(2)11-25-20(28)16-5-4-14(10-17(16)21(25)29)19(27)24-8-6-15(7-9-24)23-18(26)13(3)22/h4-5,10,12-13,15H,6-9,11H2,1-3H3,(H,23,26). The maximum Gasteiger partial charge on any atom is 0.261 e. The van der Waals surface area contributed by atoms with Crippen LogP contribution in [-0.2, 0) is 4.79 Å². The Morgan fingerprint density at radius 1 is 1.10 bits per heavy atom. The minimum absolute atomic E-state index is 0.00318. The van der Waals surface area contributed by atoms with E-state index in [4.69, 9.17) is 11.6 Å². The van der Waals surface area contributed by atoms with Crippen molar-refractivity contribution >= 4 is 35.2 Å². The Bertz CT molecular complexity index is 844. The average Bonchev–Trinajstić information content (AvgIpc) is 2.92. The number of piperidine rings is 1. The highest BCUT2D eigenvalue weighted by molar-refractivity contribution is 6.30. The van der Waals surface area contributed by atoms with Crippen molar-refractivity contribution in [3.8, 4) is 0 Å². The number of nitrogens with one attached hydrogen (secondary N) is 1. The van der Waals surface area contributed by atoms with Gasteiger partial charge in [0.15, 0.2) is 0 Å². The van der Waals surface area contributed by atoms with Crippen molar-refractivity contribution in [1.82, 2.24) is 15.1 Å². The van der Waals surface area contributed by atoms with E-state index in [0.29, 0.717) is 49.2 Å². The summed E-state index contributed by atoms with van der Waals surface area (Å²) in [7, 11) is 0. The van der Waals surface area contributed by atoms with E-state index >= 15 is 0 Å². The number of fused-ring (bicyclic) bond motifs is 1. The van der Waals surface area contributed by atoms with E-state index in [9.17, 15) is 19.2 Å². The average molecular weight is 420 g/mol. The zero-order chi connectivity index (χ0) is 21.3. The van der Waals surface area contributed by atoms with Gasteiger partial charge in [0.25, 0.3) is 17.7 Å². The number of imide groups is 1. The number of amides is 4. The molecule has 4 amide bonds. The van der Waals surface area contributed by atoms with Gasteiger partial charge < -0.3 is 10.2 Å². The van der Waals surface area contributed by atoms with Crippen LogP contribution in [0.2, 0.25) is 0 Å². The smallest absolute Gasteiger partial charge is 0.261 e. The van der Waals surface area contributed by atoms with Crippen LogP contribution in [0.5, 0.6) is 0 Å². The summed E-state index contributed by atoms with van der Waals surface area (Å²) >= 11 is 5.78. The van der Waals surface area contributed by atoms with Crippen molar-refractivity contribution < 1.29 is 19.2 Å². The maximum absolute atomic E-state index is 12.9. The highest BCUT2D eigenvalue weighted by Gasteiger charge is 2.36. The van der Waals surface area contributed by atoms with Gasteiger partial charge in [0.2, 0.25) is 5.91 Å². The Labute approximate surface area is 175 Å². The first-order valence-electron chi connectivity index (χ1n) is 9.93. The van der Waals surface area contributed by atoms with Crippen LogP contribution in [0.1, 0.15) is 64.7 Å². The molecule has 1 atom stereocenters. The molecule has 7 nitrogen and oxygen atoms in total. The topological polar surface area (TPSA) is 86.8 Å². The number of benzene rings is 1. The Kier molecular flexibility index (Phi) is 6.27. The van der Waals surface area contributed by atoms with Crippen LogP contribution in [0.3, 0.4) is 0 Å². The van der Waals surface area contributed by atoms with Crippen molar-refractivity contribution in [2.75, 3.05) is 19.6 Å². The predicted molar refractivity (Wildman–Crippen MR) is 109 cm³/mol. The number of halogens is 1. The molecule has 0 spiro atoms. The Balaban J connectivity index is 1.67. The van der Waals surface area contributed by atoms with Gasteiger partial charge in [-0.1, -0.05) is 13.8 Å². The summed E-state index contributed by atoms with van der Waals surface area (Å²) in [5, 5.41) is 2.30. The van der Waals surface area contributed by atoms with Crippen LogP contribution >= 0.6 is 11.6 Å². The second kappa shape index (κ2) is 8.53. The summed E-state index contributed by atoms with van der Waals surface area (Å²) in [6, 6.07) is 4.70. The van der Waals surface area contributed by atoms with E-state index < -0.39 is 5.38 Å². The summed E-state index contributed by atoms with van der Waals surface area (Å²) in [6.45, 7) is 6.87. The van der Waals surface area contributed by atoms with Gasteiger partial charge in [-0.25, -0.2) is 0 Å². The van der Waals surface area contributed by atoms with E-state index in [1.807, 2.05) is 13.8 Å². The van der Waals surface area contributed by atoms with Gasteiger partial charge in [-0.15, -0.1) is 11.6 Å². The molecule has 1 unspecified atom stereocenters. The number of carbonyl (C=O) groups excluding carboxylic acids is 4. The lowest BCUT2D eigenvalue weighted by Gasteiger charge is -2.32. The van der Waals surface area contributed by atoms with Gasteiger partial charge in [-0.05, 0) is 43.9 Å². The van der Waals surface area contributed by atoms with Gasteiger partial charge in [-0.3, -0.25) is 24.1 Å². The Morgan fingerprint density at radius 3 is 2.31 bits per heavy atom. The van der Waals surface area contributed by atoms with E-state index in [2.05, 4.69) is 5.32 Å². The van der Waals surface area contributed by atoms with Crippen LogP contribution in [0.15, 0.2) is 18.2 Å². The lowest BCUT2D eigenvalue weighted by Crippen LogP contribution is -2.47. The summed E-state index contributed by atoms with van der Waals surface area (Å²) in [5.41, 5.74) is 1.04.